The lowest BCUT2D eigenvalue weighted by molar-refractivity contribution is -0.171. The van der Waals surface area contributed by atoms with Gasteiger partial charge < -0.3 is 19.3 Å². The molecule has 0 N–H and O–H groups in total. The Morgan fingerprint density at radius 1 is 1.19 bits per heavy atom. The zero-order valence-corrected chi connectivity index (χ0v) is 17.9. The standard InChI is InChI=1S/C22H24N6O4/c1-25-21(30)28-7-3-16(12-18(28)24-25)27-8-10-31-17-11-15(13-23-19(17)27)20(29)26-6-2-4-22(14-26)5-9-32-22/h3,7,11-13H,2,4-6,8-10,14H2,1H3. The average molecular weight is 436 g/mol. The molecule has 2 fully saturated rings. The van der Waals surface area contributed by atoms with Crippen LogP contribution >= 0.6 is 0 Å². The number of amides is 1. The Bertz CT molecular complexity index is 1280. The number of hydrogen-bond acceptors (Lipinski definition) is 7. The molecule has 1 amide bonds. The van der Waals surface area contributed by atoms with Gasteiger partial charge in [-0.05, 0) is 25.0 Å². The molecule has 1 spiro atoms. The van der Waals surface area contributed by atoms with Crippen molar-refractivity contribution < 1.29 is 14.3 Å². The van der Waals surface area contributed by atoms with E-state index in [9.17, 15) is 9.59 Å². The monoisotopic (exact) mass is 436 g/mol. The molecule has 10 heteroatoms. The van der Waals surface area contributed by atoms with E-state index in [1.54, 1.807) is 25.5 Å². The molecule has 3 aromatic rings. The van der Waals surface area contributed by atoms with Crippen LogP contribution in [0.2, 0.25) is 0 Å². The maximum Gasteiger partial charge on any atom is 0.350 e. The molecule has 3 aliphatic heterocycles. The molecule has 6 heterocycles. The number of aryl methyl sites for hydroxylation is 1. The summed E-state index contributed by atoms with van der Waals surface area (Å²) in [4.78, 5) is 33.7. The third-order valence-corrected chi connectivity index (χ3v) is 6.67. The second kappa shape index (κ2) is 7.06. The molecule has 32 heavy (non-hydrogen) atoms. The molecule has 0 aromatic carbocycles. The van der Waals surface area contributed by atoms with Gasteiger partial charge in [0.05, 0.1) is 30.9 Å². The molecule has 0 radical (unpaired) electrons. The van der Waals surface area contributed by atoms with Gasteiger partial charge in [-0.15, -0.1) is 0 Å². The quantitative estimate of drug-likeness (QED) is 0.599. The Morgan fingerprint density at radius 3 is 2.88 bits per heavy atom. The molecule has 6 rings (SSSR count). The van der Waals surface area contributed by atoms with Crippen molar-refractivity contribution in [1.29, 1.82) is 0 Å². The first-order valence-corrected chi connectivity index (χ1v) is 10.9. The van der Waals surface area contributed by atoms with Crippen molar-refractivity contribution in [1.82, 2.24) is 24.1 Å². The number of carbonyl (C=O) groups is 1. The van der Waals surface area contributed by atoms with Crippen LogP contribution in [0, 0.1) is 0 Å². The highest BCUT2D eigenvalue weighted by atomic mass is 16.5. The van der Waals surface area contributed by atoms with Gasteiger partial charge in [0, 0.05) is 44.2 Å². The number of likely N-dealkylation sites (tertiary alicyclic amines) is 1. The van der Waals surface area contributed by atoms with Crippen LogP contribution in [-0.4, -0.2) is 68.4 Å². The summed E-state index contributed by atoms with van der Waals surface area (Å²) in [5, 5.41) is 4.27. The Morgan fingerprint density at radius 2 is 2.06 bits per heavy atom. The lowest BCUT2D eigenvalue weighted by atomic mass is 9.85. The van der Waals surface area contributed by atoms with Crippen LogP contribution in [0.5, 0.6) is 5.75 Å². The fraction of sp³-hybridized carbons (Fsp3) is 0.455. The van der Waals surface area contributed by atoms with Crippen molar-refractivity contribution in [3.05, 3.63) is 46.6 Å². The van der Waals surface area contributed by atoms with E-state index in [4.69, 9.17) is 9.47 Å². The van der Waals surface area contributed by atoms with Gasteiger partial charge in [-0.1, -0.05) is 0 Å². The Hall–Kier alpha value is -3.40. The van der Waals surface area contributed by atoms with E-state index in [-0.39, 0.29) is 17.2 Å². The largest absolute Gasteiger partial charge is 0.488 e. The Kier molecular flexibility index (Phi) is 4.26. The number of rotatable bonds is 2. The molecule has 0 aliphatic carbocycles. The zero-order chi connectivity index (χ0) is 21.9. The summed E-state index contributed by atoms with van der Waals surface area (Å²) in [5.74, 6) is 1.18. The lowest BCUT2D eigenvalue weighted by Gasteiger charge is -2.48. The highest BCUT2D eigenvalue weighted by Crippen LogP contribution is 2.38. The topological polar surface area (TPSA) is 94.2 Å². The molecule has 2 saturated heterocycles. The maximum atomic E-state index is 13.2. The lowest BCUT2D eigenvalue weighted by Crippen LogP contribution is -2.57. The van der Waals surface area contributed by atoms with Crippen molar-refractivity contribution in [2.75, 3.05) is 37.7 Å². The maximum absolute atomic E-state index is 13.2. The highest BCUT2D eigenvalue weighted by Gasteiger charge is 2.43. The van der Waals surface area contributed by atoms with Gasteiger partial charge in [-0.3, -0.25) is 9.20 Å². The molecule has 3 aromatic heterocycles. The minimum Gasteiger partial charge on any atom is -0.488 e. The van der Waals surface area contributed by atoms with Gasteiger partial charge in [0.15, 0.2) is 17.2 Å². The van der Waals surface area contributed by atoms with Crippen LogP contribution in [0.1, 0.15) is 29.6 Å². The minimum absolute atomic E-state index is 0.0371. The molecular formula is C22H24N6O4. The second-order valence-electron chi connectivity index (χ2n) is 8.68. The minimum atomic E-state index is -0.193. The Labute approximate surface area is 184 Å². The molecular weight excluding hydrogens is 412 g/mol. The number of fused-ring (bicyclic) bond motifs is 2. The highest BCUT2D eigenvalue weighted by molar-refractivity contribution is 5.95. The summed E-state index contributed by atoms with van der Waals surface area (Å²) in [6.45, 7) is 3.22. The van der Waals surface area contributed by atoms with E-state index in [0.29, 0.717) is 42.5 Å². The first kappa shape index (κ1) is 19.3. The summed E-state index contributed by atoms with van der Waals surface area (Å²) in [5.41, 5.74) is 1.61. The van der Waals surface area contributed by atoms with E-state index in [2.05, 4.69) is 10.1 Å². The van der Waals surface area contributed by atoms with Crippen LogP contribution in [0.15, 0.2) is 35.4 Å². The smallest absolute Gasteiger partial charge is 0.350 e. The molecule has 0 bridgehead atoms. The van der Waals surface area contributed by atoms with Crippen LogP contribution in [-0.2, 0) is 11.8 Å². The van der Waals surface area contributed by atoms with E-state index >= 15 is 0 Å². The van der Waals surface area contributed by atoms with E-state index in [0.717, 1.165) is 38.1 Å². The Balaban J connectivity index is 1.29. The van der Waals surface area contributed by atoms with Crippen molar-refractivity contribution in [2.45, 2.75) is 24.9 Å². The number of pyridine rings is 2. The van der Waals surface area contributed by atoms with Gasteiger partial charge in [-0.25, -0.2) is 14.5 Å². The molecule has 10 nitrogen and oxygen atoms in total. The van der Waals surface area contributed by atoms with Crippen LogP contribution in [0.25, 0.3) is 5.65 Å². The number of anilines is 2. The second-order valence-corrected chi connectivity index (χ2v) is 8.68. The van der Waals surface area contributed by atoms with Crippen molar-refractivity contribution in [2.24, 2.45) is 7.05 Å². The third kappa shape index (κ3) is 2.97. The van der Waals surface area contributed by atoms with Crippen molar-refractivity contribution in [3.63, 3.8) is 0 Å². The summed E-state index contributed by atoms with van der Waals surface area (Å²) in [6, 6.07) is 5.49. The first-order chi connectivity index (χ1) is 15.5. The molecule has 1 unspecified atom stereocenters. The number of nitrogens with zero attached hydrogens (tertiary/aromatic N) is 6. The molecule has 1 atom stereocenters. The normalized spacial score (nSPS) is 22.5. The number of aromatic nitrogens is 4. The predicted molar refractivity (Wildman–Crippen MR) is 116 cm³/mol. The predicted octanol–water partition coefficient (Wildman–Crippen LogP) is 1.35. The summed E-state index contributed by atoms with van der Waals surface area (Å²) in [6.07, 6.45) is 6.32. The van der Waals surface area contributed by atoms with Gasteiger partial charge >= 0.3 is 5.69 Å². The van der Waals surface area contributed by atoms with Crippen LogP contribution in [0.3, 0.4) is 0 Å². The SMILES string of the molecule is Cn1nc2cc(N3CCOc4cc(C(=O)N5CCCC6(CCO6)C5)cnc43)ccn2c1=O. The summed E-state index contributed by atoms with van der Waals surface area (Å²) >= 11 is 0. The van der Waals surface area contributed by atoms with Gasteiger partial charge in [0.1, 0.15) is 6.61 Å². The number of hydrogen-bond donors (Lipinski definition) is 0. The third-order valence-electron chi connectivity index (χ3n) is 6.67. The average Bonchev–Trinajstić information content (AvgIpc) is 3.09. The zero-order valence-electron chi connectivity index (χ0n) is 17.9. The van der Waals surface area contributed by atoms with Crippen LogP contribution < -0.4 is 15.3 Å². The van der Waals surface area contributed by atoms with Gasteiger partial charge in [0.25, 0.3) is 5.91 Å². The number of carbonyl (C=O) groups excluding carboxylic acids is 1. The van der Waals surface area contributed by atoms with Gasteiger partial charge in [0.2, 0.25) is 0 Å². The fourth-order valence-corrected chi connectivity index (χ4v) is 4.87. The van der Waals surface area contributed by atoms with Crippen molar-refractivity contribution in [3.8, 4) is 5.75 Å². The molecule has 166 valence electrons. The van der Waals surface area contributed by atoms with Crippen molar-refractivity contribution >= 4 is 23.1 Å². The molecule has 0 saturated carbocycles. The first-order valence-electron chi connectivity index (χ1n) is 10.9. The number of piperidine rings is 1. The van der Waals surface area contributed by atoms with E-state index in [1.807, 2.05) is 21.9 Å². The van der Waals surface area contributed by atoms with E-state index < -0.39 is 0 Å². The molecule has 3 aliphatic rings. The van der Waals surface area contributed by atoms with Crippen LogP contribution in [0.4, 0.5) is 11.5 Å². The summed E-state index contributed by atoms with van der Waals surface area (Å²) < 4.78 is 14.5. The van der Waals surface area contributed by atoms with E-state index in [1.165, 1.54) is 9.08 Å². The summed E-state index contributed by atoms with van der Waals surface area (Å²) in [7, 11) is 1.63. The fourth-order valence-electron chi connectivity index (χ4n) is 4.87. The van der Waals surface area contributed by atoms with Gasteiger partial charge in [-0.2, -0.15) is 5.10 Å². The number of ether oxygens (including phenoxy) is 2.